The molecule has 0 radical (unpaired) electrons. The lowest BCUT2D eigenvalue weighted by Crippen LogP contribution is -2.36. The third-order valence-electron chi connectivity index (χ3n) is 3.36. The minimum atomic E-state index is 0.0607. The zero-order chi connectivity index (χ0) is 13.1. The van der Waals surface area contributed by atoms with Gasteiger partial charge in [-0.1, -0.05) is 26.0 Å². The summed E-state index contributed by atoms with van der Waals surface area (Å²) in [5.74, 6) is 0.457. The molecule has 1 aliphatic rings. The fourth-order valence-electron chi connectivity index (χ4n) is 2.15. The molecular weight excluding hydrogens is 228 g/mol. The SMILES string of the molecule is CC(C)C(CO)NCc1ccc2c(c1)CC(=O)N2. The van der Waals surface area contributed by atoms with Crippen LogP contribution in [0.1, 0.15) is 25.0 Å². The molecule has 1 heterocycles. The van der Waals surface area contributed by atoms with Crippen LogP contribution in [0.25, 0.3) is 0 Å². The van der Waals surface area contributed by atoms with Gasteiger partial charge in [-0.25, -0.2) is 0 Å². The molecule has 4 heteroatoms. The summed E-state index contributed by atoms with van der Waals surface area (Å²) in [6.45, 7) is 5.02. The predicted molar refractivity (Wildman–Crippen MR) is 71.3 cm³/mol. The van der Waals surface area contributed by atoms with E-state index >= 15 is 0 Å². The Hall–Kier alpha value is -1.39. The molecular formula is C14H20N2O2. The van der Waals surface area contributed by atoms with Crippen molar-refractivity contribution in [2.24, 2.45) is 5.92 Å². The van der Waals surface area contributed by atoms with Crippen LogP contribution in [-0.2, 0) is 17.8 Å². The van der Waals surface area contributed by atoms with E-state index in [1.54, 1.807) is 0 Å². The Balaban J connectivity index is 1.99. The number of nitrogens with one attached hydrogen (secondary N) is 2. The van der Waals surface area contributed by atoms with Crippen molar-refractivity contribution in [2.45, 2.75) is 32.9 Å². The predicted octanol–water partition coefficient (Wildman–Crippen LogP) is 1.29. The molecule has 1 aromatic rings. The molecule has 18 heavy (non-hydrogen) atoms. The van der Waals surface area contributed by atoms with Crippen LogP contribution in [0, 0.1) is 5.92 Å². The molecule has 0 saturated heterocycles. The molecule has 0 saturated carbocycles. The number of benzene rings is 1. The number of amides is 1. The van der Waals surface area contributed by atoms with Gasteiger partial charge in [-0.05, 0) is 23.1 Å². The Kier molecular flexibility index (Phi) is 3.99. The molecule has 4 nitrogen and oxygen atoms in total. The Bertz CT molecular complexity index is 443. The molecule has 1 aromatic carbocycles. The topological polar surface area (TPSA) is 61.4 Å². The average Bonchev–Trinajstić information content (AvgIpc) is 2.68. The van der Waals surface area contributed by atoms with Crippen molar-refractivity contribution in [3.05, 3.63) is 29.3 Å². The van der Waals surface area contributed by atoms with Crippen molar-refractivity contribution in [1.29, 1.82) is 0 Å². The van der Waals surface area contributed by atoms with Gasteiger partial charge in [0, 0.05) is 18.3 Å². The normalized spacial score (nSPS) is 15.7. The number of aliphatic hydroxyl groups excluding tert-OH is 1. The van der Waals surface area contributed by atoms with Crippen LogP contribution < -0.4 is 10.6 Å². The third kappa shape index (κ3) is 2.89. The Morgan fingerprint density at radius 1 is 1.44 bits per heavy atom. The molecule has 0 aromatic heterocycles. The molecule has 1 aliphatic heterocycles. The number of aliphatic hydroxyl groups is 1. The van der Waals surface area contributed by atoms with Crippen LogP contribution in [0.15, 0.2) is 18.2 Å². The number of fused-ring (bicyclic) bond motifs is 1. The van der Waals surface area contributed by atoms with Crippen molar-refractivity contribution >= 4 is 11.6 Å². The molecule has 0 spiro atoms. The summed E-state index contributed by atoms with van der Waals surface area (Å²) in [7, 11) is 0. The van der Waals surface area contributed by atoms with Gasteiger partial charge in [0.05, 0.1) is 13.0 Å². The first kappa shape index (κ1) is 13.1. The van der Waals surface area contributed by atoms with Gasteiger partial charge >= 0.3 is 0 Å². The van der Waals surface area contributed by atoms with Crippen LogP contribution in [0.2, 0.25) is 0 Å². The standard InChI is InChI=1S/C14H20N2O2/c1-9(2)13(8-17)15-7-10-3-4-12-11(5-10)6-14(18)16-12/h3-5,9,13,15,17H,6-8H2,1-2H3,(H,16,18). The van der Waals surface area contributed by atoms with E-state index in [0.29, 0.717) is 18.9 Å². The van der Waals surface area contributed by atoms with Crippen LogP contribution in [0.4, 0.5) is 5.69 Å². The first-order valence-corrected chi connectivity index (χ1v) is 6.36. The molecule has 3 N–H and O–H groups in total. The summed E-state index contributed by atoms with van der Waals surface area (Å²) >= 11 is 0. The second-order valence-corrected chi connectivity index (χ2v) is 5.13. The summed E-state index contributed by atoms with van der Waals surface area (Å²) in [6, 6.07) is 6.11. The molecule has 1 unspecified atom stereocenters. The van der Waals surface area contributed by atoms with E-state index in [4.69, 9.17) is 0 Å². The van der Waals surface area contributed by atoms with Gasteiger partial charge in [-0.3, -0.25) is 4.79 Å². The minimum Gasteiger partial charge on any atom is -0.395 e. The smallest absolute Gasteiger partial charge is 0.228 e. The van der Waals surface area contributed by atoms with E-state index < -0.39 is 0 Å². The fourth-order valence-corrected chi connectivity index (χ4v) is 2.15. The van der Waals surface area contributed by atoms with Gasteiger partial charge < -0.3 is 15.7 Å². The van der Waals surface area contributed by atoms with E-state index in [-0.39, 0.29) is 18.6 Å². The monoisotopic (exact) mass is 248 g/mol. The highest BCUT2D eigenvalue weighted by atomic mass is 16.3. The van der Waals surface area contributed by atoms with E-state index in [2.05, 4.69) is 30.5 Å². The lowest BCUT2D eigenvalue weighted by molar-refractivity contribution is -0.115. The van der Waals surface area contributed by atoms with Gasteiger partial charge in [0.25, 0.3) is 0 Å². The van der Waals surface area contributed by atoms with Crippen LogP contribution >= 0.6 is 0 Å². The Labute approximate surface area is 107 Å². The third-order valence-corrected chi connectivity index (χ3v) is 3.36. The lowest BCUT2D eigenvalue weighted by atomic mass is 10.0. The number of hydrogen-bond acceptors (Lipinski definition) is 3. The van der Waals surface area contributed by atoms with Crippen molar-refractivity contribution in [3.63, 3.8) is 0 Å². The highest BCUT2D eigenvalue weighted by Crippen LogP contribution is 2.23. The summed E-state index contributed by atoms with van der Waals surface area (Å²) in [5.41, 5.74) is 3.13. The molecule has 1 amide bonds. The van der Waals surface area contributed by atoms with Gasteiger partial charge in [0.15, 0.2) is 0 Å². The second kappa shape index (κ2) is 5.50. The van der Waals surface area contributed by atoms with Crippen molar-refractivity contribution in [2.75, 3.05) is 11.9 Å². The average molecular weight is 248 g/mol. The number of rotatable bonds is 5. The van der Waals surface area contributed by atoms with E-state index in [1.807, 2.05) is 12.1 Å². The largest absolute Gasteiger partial charge is 0.395 e. The number of carbonyl (C=O) groups is 1. The molecule has 98 valence electrons. The maximum Gasteiger partial charge on any atom is 0.228 e. The lowest BCUT2D eigenvalue weighted by Gasteiger charge is -2.20. The minimum absolute atomic E-state index is 0.0607. The first-order chi connectivity index (χ1) is 8.60. The van der Waals surface area contributed by atoms with Crippen molar-refractivity contribution < 1.29 is 9.90 Å². The summed E-state index contributed by atoms with van der Waals surface area (Å²) < 4.78 is 0. The summed E-state index contributed by atoms with van der Waals surface area (Å²) in [4.78, 5) is 11.3. The molecule has 1 atom stereocenters. The number of carbonyl (C=O) groups excluding carboxylic acids is 1. The zero-order valence-electron chi connectivity index (χ0n) is 10.9. The molecule has 2 rings (SSSR count). The van der Waals surface area contributed by atoms with Gasteiger partial charge in [0.1, 0.15) is 0 Å². The first-order valence-electron chi connectivity index (χ1n) is 6.36. The molecule has 0 bridgehead atoms. The maximum atomic E-state index is 11.3. The molecule has 0 fully saturated rings. The molecule has 0 aliphatic carbocycles. The zero-order valence-corrected chi connectivity index (χ0v) is 10.9. The Morgan fingerprint density at radius 2 is 2.22 bits per heavy atom. The quantitative estimate of drug-likeness (QED) is 0.736. The van der Waals surface area contributed by atoms with E-state index in [9.17, 15) is 9.90 Å². The van der Waals surface area contributed by atoms with Crippen LogP contribution in [0.3, 0.4) is 0 Å². The van der Waals surface area contributed by atoms with Crippen molar-refractivity contribution in [1.82, 2.24) is 5.32 Å². The van der Waals surface area contributed by atoms with Gasteiger partial charge in [-0.15, -0.1) is 0 Å². The maximum absolute atomic E-state index is 11.3. The highest BCUT2D eigenvalue weighted by molar-refractivity contribution is 5.99. The second-order valence-electron chi connectivity index (χ2n) is 5.13. The highest BCUT2D eigenvalue weighted by Gasteiger charge is 2.17. The Morgan fingerprint density at radius 3 is 2.89 bits per heavy atom. The fraction of sp³-hybridized carbons (Fsp3) is 0.500. The van der Waals surface area contributed by atoms with Crippen molar-refractivity contribution in [3.8, 4) is 0 Å². The summed E-state index contributed by atoms with van der Waals surface area (Å²) in [6.07, 6.45) is 0.469. The van der Waals surface area contributed by atoms with Gasteiger partial charge in [0.2, 0.25) is 5.91 Å². The van der Waals surface area contributed by atoms with Gasteiger partial charge in [-0.2, -0.15) is 0 Å². The number of anilines is 1. The van der Waals surface area contributed by atoms with Crippen LogP contribution in [0.5, 0.6) is 0 Å². The van der Waals surface area contributed by atoms with E-state index in [0.717, 1.165) is 16.8 Å². The number of hydrogen-bond donors (Lipinski definition) is 3. The summed E-state index contributed by atoms with van der Waals surface area (Å²) in [5, 5.41) is 15.4. The van der Waals surface area contributed by atoms with Crippen LogP contribution in [-0.4, -0.2) is 23.7 Å². The van der Waals surface area contributed by atoms with E-state index in [1.165, 1.54) is 0 Å².